The molecule has 23 heavy (non-hydrogen) atoms. The molecule has 6 nitrogen and oxygen atoms in total. The van der Waals surface area contributed by atoms with Gasteiger partial charge in [0.1, 0.15) is 11.3 Å². The number of hydrogen-bond acceptors (Lipinski definition) is 5. The van der Waals surface area contributed by atoms with Gasteiger partial charge in [-0.05, 0) is 50.9 Å². The Morgan fingerprint density at radius 3 is 2.26 bits per heavy atom. The van der Waals surface area contributed by atoms with Gasteiger partial charge in [-0.15, -0.1) is 0 Å². The summed E-state index contributed by atoms with van der Waals surface area (Å²) in [5, 5.41) is 28.2. The van der Waals surface area contributed by atoms with Gasteiger partial charge in [0.05, 0.1) is 17.8 Å². The first-order valence-electron chi connectivity index (χ1n) is 7.30. The number of aliphatic hydroxyl groups is 1. The number of hydrogen-bond donors (Lipinski definition) is 3. The Labute approximate surface area is 135 Å². The van der Waals surface area contributed by atoms with Crippen LogP contribution in [0.15, 0.2) is 23.7 Å². The summed E-state index contributed by atoms with van der Waals surface area (Å²) >= 11 is 0. The lowest BCUT2D eigenvalue weighted by Gasteiger charge is -2.32. The van der Waals surface area contributed by atoms with E-state index in [1.165, 1.54) is 12.1 Å². The van der Waals surface area contributed by atoms with Crippen molar-refractivity contribution in [3.63, 3.8) is 0 Å². The van der Waals surface area contributed by atoms with Crippen molar-refractivity contribution >= 4 is 19.2 Å². The van der Waals surface area contributed by atoms with Gasteiger partial charge in [-0.3, -0.25) is 0 Å². The van der Waals surface area contributed by atoms with Gasteiger partial charge in [-0.1, -0.05) is 12.1 Å². The molecule has 1 aromatic carbocycles. The first-order chi connectivity index (χ1) is 10.6. The van der Waals surface area contributed by atoms with Crippen molar-refractivity contribution in [3.05, 3.63) is 34.8 Å². The molecule has 0 amide bonds. The molecule has 1 aliphatic rings. The van der Waals surface area contributed by atoms with Gasteiger partial charge in [0.2, 0.25) is 0 Å². The monoisotopic (exact) mass is 320 g/mol. The molecule has 124 valence electrons. The highest BCUT2D eigenvalue weighted by Crippen LogP contribution is 2.38. The van der Waals surface area contributed by atoms with E-state index in [1.807, 2.05) is 27.7 Å². The molecule has 1 fully saturated rings. The highest BCUT2D eigenvalue weighted by Gasteiger charge is 2.52. The number of carbonyl (C=O) groups is 1. The number of carboxylic acids is 1. The Hall–Kier alpha value is -1.83. The molecular weight excluding hydrogens is 299 g/mol. The van der Waals surface area contributed by atoms with Gasteiger partial charge in [0, 0.05) is 0 Å². The fraction of sp³-hybridized carbons (Fsp3) is 0.438. The number of aromatic hydroxyl groups is 1. The molecule has 0 aliphatic carbocycles. The fourth-order valence-corrected chi connectivity index (χ4v) is 2.21. The molecule has 3 N–H and O–H groups in total. The average Bonchev–Trinajstić information content (AvgIpc) is 2.66. The fourth-order valence-electron chi connectivity index (χ4n) is 2.21. The standard InChI is InChI=1S/C16H21BO6/c1-15(2)16(3,4)23-17(22-15)11(9-18)7-10-5-6-13(19)12(8-10)14(20)21/h5-8,18-19H,9H2,1-4H3,(H,20,21). The summed E-state index contributed by atoms with van der Waals surface area (Å²) in [5.41, 5.74) is -0.269. The summed E-state index contributed by atoms with van der Waals surface area (Å²) < 4.78 is 11.7. The van der Waals surface area contributed by atoms with E-state index in [-0.39, 0.29) is 17.9 Å². The highest BCUT2D eigenvalue weighted by molar-refractivity contribution is 6.55. The van der Waals surface area contributed by atoms with E-state index in [0.717, 1.165) is 0 Å². The number of aliphatic hydroxyl groups excluding tert-OH is 1. The van der Waals surface area contributed by atoms with E-state index < -0.39 is 24.3 Å². The number of aromatic carboxylic acids is 1. The van der Waals surface area contributed by atoms with E-state index in [1.54, 1.807) is 12.1 Å². The first kappa shape index (κ1) is 17.5. The molecule has 2 rings (SSSR count). The minimum atomic E-state index is -1.22. The summed E-state index contributed by atoms with van der Waals surface area (Å²) in [5.74, 6) is -1.53. The predicted molar refractivity (Wildman–Crippen MR) is 86.2 cm³/mol. The second kappa shape index (κ2) is 6.00. The third-order valence-electron chi connectivity index (χ3n) is 4.34. The number of benzene rings is 1. The van der Waals surface area contributed by atoms with Crippen molar-refractivity contribution in [2.45, 2.75) is 38.9 Å². The zero-order valence-corrected chi connectivity index (χ0v) is 13.7. The SMILES string of the molecule is CC1(C)OB(C(=Cc2ccc(O)c(C(=O)O)c2)CO)OC1(C)C. The lowest BCUT2D eigenvalue weighted by atomic mass is 9.77. The van der Waals surface area contributed by atoms with Crippen molar-refractivity contribution < 1.29 is 29.4 Å². The number of phenols is 1. The molecule has 7 heteroatoms. The van der Waals surface area contributed by atoms with Crippen molar-refractivity contribution in [1.82, 2.24) is 0 Å². The van der Waals surface area contributed by atoms with E-state index in [4.69, 9.17) is 14.4 Å². The first-order valence-corrected chi connectivity index (χ1v) is 7.30. The summed E-state index contributed by atoms with van der Waals surface area (Å²) in [6.07, 6.45) is 1.61. The maximum Gasteiger partial charge on any atom is 0.492 e. The van der Waals surface area contributed by atoms with Crippen LogP contribution in [0.4, 0.5) is 0 Å². The smallest absolute Gasteiger partial charge is 0.492 e. The zero-order valence-electron chi connectivity index (χ0n) is 13.7. The molecule has 0 aromatic heterocycles. The Morgan fingerprint density at radius 2 is 1.78 bits per heavy atom. The maximum absolute atomic E-state index is 11.1. The van der Waals surface area contributed by atoms with Crippen LogP contribution in [-0.2, 0) is 9.31 Å². The van der Waals surface area contributed by atoms with Gasteiger partial charge in [-0.25, -0.2) is 4.79 Å². The largest absolute Gasteiger partial charge is 0.507 e. The topological polar surface area (TPSA) is 96.2 Å². The molecular formula is C16H21BO6. The van der Waals surface area contributed by atoms with Crippen molar-refractivity contribution in [3.8, 4) is 5.75 Å². The lowest BCUT2D eigenvalue weighted by Crippen LogP contribution is -2.41. The molecule has 1 aromatic rings. The second-order valence-electron chi connectivity index (χ2n) is 6.55. The van der Waals surface area contributed by atoms with Crippen LogP contribution in [0.2, 0.25) is 0 Å². The van der Waals surface area contributed by atoms with Crippen LogP contribution < -0.4 is 0 Å². The molecule has 0 atom stereocenters. The summed E-state index contributed by atoms with van der Waals surface area (Å²) in [6.45, 7) is 7.34. The predicted octanol–water partition coefficient (Wildman–Crippen LogP) is 2.10. The lowest BCUT2D eigenvalue weighted by molar-refractivity contribution is 0.00578. The Morgan fingerprint density at radius 1 is 1.22 bits per heavy atom. The Bertz CT molecular complexity index is 634. The summed E-state index contributed by atoms with van der Waals surface area (Å²) in [7, 11) is -0.716. The van der Waals surface area contributed by atoms with Crippen LogP contribution in [0, 0.1) is 0 Å². The van der Waals surface area contributed by atoms with Crippen LogP contribution >= 0.6 is 0 Å². The van der Waals surface area contributed by atoms with Crippen molar-refractivity contribution in [2.75, 3.05) is 6.61 Å². The highest BCUT2D eigenvalue weighted by atomic mass is 16.7. The van der Waals surface area contributed by atoms with Gasteiger partial charge < -0.3 is 24.6 Å². The van der Waals surface area contributed by atoms with E-state index in [2.05, 4.69) is 0 Å². The van der Waals surface area contributed by atoms with Crippen LogP contribution in [0.1, 0.15) is 43.6 Å². The minimum Gasteiger partial charge on any atom is -0.507 e. The molecule has 0 saturated carbocycles. The van der Waals surface area contributed by atoms with Gasteiger partial charge in [0.15, 0.2) is 0 Å². The van der Waals surface area contributed by atoms with Crippen LogP contribution in [0.3, 0.4) is 0 Å². The van der Waals surface area contributed by atoms with Crippen molar-refractivity contribution in [2.24, 2.45) is 0 Å². The Kier molecular flexibility index (Phi) is 4.57. The molecule has 1 aliphatic heterocycles. The molecule has 0 radical (unpaired) electrons. The van der Waals surface area contributed by atoms with Gasteiger partial charge in [0.25, 0.3) is 0 Å². The maximum atomic E-state index is 11.1. The molecule has 1 heterocycles. The molecule has 0 spiro atoms. The average molecular weight is 320 g/mol. The molecule has 1 saturated heterocycles. The normalized spacial score (nSPS) is 19.9. The van der Waals surface area contributed by atoms with Gasteiger partial charge in [-0.2, -0.15) is 0 Å². The minimum absolute atomic E-state index is 0.204. The van der Waals surface area contributed by atoms with Gasteiger partial charge >= 0.3 is 13.1 Å². The van der Waals surface area contributed by atoms with E-state index in [0.29, 0.717) is 11.0 Å². The summed E-state index contributed by atoms with van der Waals surface area (Å²) in [4.78, 5) is 11.1. The van der Waals surface area contributed by atoms with Crippen LogP contribution in [-0.4, -0.2) is 46.2 Å². The van der Waals surface area contributed by atoms with E-state index in [9.17, 15) is 15.0 Å². The summed E-state index contributed by atoms with van der Waals surface area (Å²) in [6, 6.07) is 4.19. The molecule has 0 bridgehead atoms. The molecule has 0 unspecified atom stereocenters. The third kappa shape index (κ3) is 3.42. The number of carboxylic acid groups (broad SMARTS) is 1. The van der Waals surface area contributed by atoms with E-state index >= 15 is 0 Å². The Balaban J connectivity index is 2.34. The zero-order chi connectivity index (χ0) is 17.4. The quantitative estimate of drug-likeness (QED) is 0.735. The van der Waals surface area contributed by atoms with Crippen LogP contribution in [0.5, 0.6) is 5.75 Å². The second-order valence-corrected chi connectivity index (χ2v) is 6.55. The third-order valence-corrected chi connectivity index (χ3v) is 4.34. The van der Waals surface area contributed by atoms with Crippen LogP contribution in [0.25, 0.3) is 6.08 Å². The van der Waals surface area contributed by atoms with Crippen molar-refractivity contribution in [1.29, 1.82) is 0 Å². The number of rotatable bonds is 4.